The summed E-state index contributed by atoms with van der Waals surface area (Å²) in [6, 6.07) is 19.2. The molecule has 10 heteroatoms. The van der Waals surface area contributed by atoms with Gasteiger partial charge in [0.05, 0.1) is 10.6 Å². The number of rotatable bonds is 10. The van der Waals surface area contributed by atoms with Gasteiger partial charge < -0.3 is 10.2 Å². The normalized spacial score (nSPS) is 12.2. The number of sulfonamides is 1. The molecule has 0 heterocycles. The molecule has 202 valence electrons. The zero-order valence-electron chi connectivity index (χ0n) is 21.7. The summed E-state index contributed by atoms with van der Waals surface area (Å²) in [6.45, 7) is 6.65. The van der Waals surface area contributed by atoms with Crippen molar-refractivity contribution in [1.82, 2.24) is 10.2 Å². The summed E-state index contributed by atoms with van der Waals surface area (Å²) >= 11 is 9.65. The maximum Gasteiger partial charge on any atom is 0.264 e. The molecule has 0 radical (unpaired) electrons. The van der Waals surface area contributed by atoms with Crippen LogP contribution in [0.3, 0.4) is 0 Å². The topological polar surface area (TPSA) is 86.8 Å². The van der Waals surface area contributed by atoms with Crippen molar-refractivity contribution in [3.8, 4) is 0 Å². The Morgan fingerprint density at radius 2 is 1.61 bits per heavy atom. The Labute approximate surface area is 238 Å². The fourth-order valence-corrected chi connectivity index (χ4v) is 5.78. The molecule has 0 unspecified atom stereocenters. The van der Waals surface area contributed by atoms with Crippen LogP contribution >= 0.6 is 27.5 Å². The summed E-state index contributed by atoms with van der Waals surface area (Å²) in [4.78, 5) is 28.3. The number of hydrogen-bond donors (Lipinski definition) is 1. The second-order valence-corrected chi connectivity index (χ2v) is 12.5. The quantitative estimate of drug-likeness (QED) is 0.322. The number of anilines is 1. The number of carbonyl (C=O) groups excluding carboxylic acids is 2. The van der Waals surface area contributed by atoms with E-state index in [1.165, 1.54) is 23.1 Å². The van der Waals surface area contributed by atoms with E-state index in [2.05, 4.69) is 21.2 Å². The molecule has 0 aliphatic carbocycles. The minimum atomic E-state index is -4.14. The average molecular weight is 621 g/mol. The van der Waals surface area contributed by atoms with E-state index in [1.54, 1.807) is 44.2 Å². The van der Waals surface area contributed by atoms with Crippen LogP contribution in [-0.4, -0.2) is 43.8 Å². The van der Waals surface area contributed by atoms with Gasteiger partial charge in [-0.25, -0.2) is 8.42 Å². The standard InChI is InChI=1S/C28H31BrClN3O4S/c1-19(2)31-28(35)21(4)32(17-22-11-13-23(29)14-12-22)27(34)18-33(26-16-24(30)15-10-20(26)3)38(36,37)25-8-6-5-7-9-25/h5-16,19,21H,17-18H2,1-4H3,(H,31,35)/t21-/m1/s1. The van der Waals surface area contributed by atoms with Gasteiger partial charge in [0, 0.05) is 22.1 Å². The summed E-state index contributed by atoms with van der Waals surface area (Å²) in [6.07, 6.45) is 0. The molecule has 0 saturated carbocycles. The van der Waals surface area contributed by atoms with Gasteiger partial charge in [-0.15, -0.1) is 0 Å². The minimum absolute atomic E-state index is 0.0391. The molecule has 3 rings (SSSR count). The fraction of sp³-hybridized carbons (Fsp3) is 0.286. The van der Waals surface area contributed by atoms with Gasteiger partial charge in [-0.2, -0.15) is 0 Å². The van der Waals surface area contributed by atoms with Crippen molar-refractivity contribution < 1.29 is 18.0 Å². The SMILES string of the molecule is Cc1ccc(Cl)cc1N(CC(=O)N(Cc1ccc(Br)cc1)[C@H](C)C(=O)NC(C)C)S(=O)(=O)c1ccccc1. The van der Waals surface area contributed by atoms with E-state index >= 15 is 0 Å². The fourth-order valence-electron chi connectivity index (χ4n) is 3.86. The van der Waals surface area contributed by atoms with Gasteiger partial charge in [0.15, 0.2) is 0 Å². The third kappa shape index (κ3) is 7.36. The largest absolute Gasteiger partial charge is 0.352 e. The van der Waals surface area contributed by atoms with Crippen molar-refractivity contribution >= 4 is 55.1 Å². The number of amides is 2. The molecule has 3 aromatic carbocycles. The Balaban J connectivity index is 2.06. The van der Waals surface area contributed by atoms with E-state index in [0.29, 0.717) is 10.6 Å². The molecule has 0 fully saturated rings. The van der Waals surface area contributed by atoms with E-state index in [4.69, 9.17) is 11.6 Å². The van der Waals surface area contributed by atoms with Gasteiger partial charge in [0.25, 0.3) is 10.0 Å². The third-order valence-corrected chi connectivity index (χ3v) is 8.45. The summed E-state index contributed by atoms with van der Waals surface area (Å²) in [5.41, 5.74) is 1.71. The highest BCUT2D eigenvalue weighted by Crippen LogP contribution is 2.30. The highest BCUT2D eigenvalue weighted by molar-refractivity contribution is 9.10. The number of hydrogen-bond acceptors (Lipinski definition) is 4. The van der Waals surface area contributed by atoms with Crippen LogP contribution in [0.1, 0.15) is 31.9 Å². The second-order valence-electron chi connectivity index (χ2n) is 9.24. The zero-order chi connectivity index (χ0) is 28.0. The lowest BCUT2D eigenvalue weighted by Crippen LogP contribution is -2.52. The van der Waals surface area contributed by atoms with Crippen LogP contribution < -0.4 is 9.62 Å². The molecule has 7 nitrogen and oxygen atoms in total. The van der Waals surface area contributed by atoms with Crippen LogP contribution in [0.2, 0.25) is 5.02 Å². The molecule has 1 N–H and O–H groups in total. The molecule has 0 aliphatic rings. The zero-order valence-corrected chi connectivity index (χ0v) is 24.8. The highest BCUT2D eigenvalue weighted by atomic mass is 79.9. The predicted molar refractivity (Wildman–Crippen MR) is 155 cm³/mol. The first-order valence-electron chi connectivity index (χ1n) is 12.1. The lowest BCUT2D eigenvalue weighted by molar-refractivity contribution is -0.139. The first kappa shape index (κ1) is 29.7. The Hall–Kier alpha value is -2.88. The van der Waals surface area contributed by atoms with Crippen LogP contribution in [0.4, 0.5) is 5.69 Å². The van der Waals surface area contributed by atoms with Crippen LogP contribution in [0.15, 0.2) is 82.2 Å². The average Bonchev–Trinajstić information content (AvgIpc) is 2.88. The van der Waals surface area contributed by atoms with Crippen LogP contribution in [-0.2, 0) is 26.2 Å². The van der Waals surface area contributed by atoms with Gasteiger partial charge in [0.1, 0.15) is 12.6 Å². The summed E-state index contributed by atoms with van der Waals surface area (Å²) < 4.78 is 29.6. The molecule has 0 bridgehead atoms. The molecule has 2 amide bonds. The van der Waals surface area contributed by atoms with Crippen LogP contribution in [0.25, 0.3) is 0 Å². The van der Waals surface area contributed by atoms with E-state index in [1.807, 2.05) is 38.1 Å². The molecular formula is C28H31BrClN3O4S. The lowest BCUT2D eigenvalue weighted by atomic mass is 10.1. The van der Waals surface area contributed by atoms with Crippen molar-refractivity contribution in [3.63, 3.8) is 0 Å². The predicted octanol–water partition coefficient (Wildman–Crippen LogP) is 5.55. The van der Waals surface area contributed by atoms with E-state index in [-0.39, 0.29) is 29.1 Å². The molecule has 0 spiro atoms. The Bertz CT molecular complexity index is 1380. The summed E-state index contributed by atoms with van der Waals surface area (Å²) in [5.74, 6) is -0.861. The number of benzene rings is 3. The van der Waals surface area contributed by atoms with E-state index < -0.39 is 28.5 Å². The molecular weight excluding hydrogens is 590 g/mol. The lowest BCUT2D eigenvalue weighted by Gasteiger charge is -2.32. The summed E-state index contributed by atoms with van der Waals surface area (Å²) in [7, 11) is -4.14. The van der Waals surface area contributed by atoms with Crippen LogP contribution in [0, 0.1) is 6.92 Å². The Morgan fingerprint density at radius 3 is 2.21 bits per heavy atom. The van der Waals surface area contributed by atoms with Crippen molar-refractivity contribution in [3.05, 3.63) is 93.4 Å². The van der Waals surface area contributed by atoms with Crippen molar-refractivity contribution in [2.45, 2.75) is 51.2 Å². The molecule has 1 atom stereocenters. The number of halogens is 2. The van der Waals surface area contributed by atoms with Gasteiger partial charge in [0.2, 0.25) is 11.8 Å². The molecule has 38 heavy (non-hydrogen) atoms. The van der Waals surface area contributed by atoms with Gasteiger partial charge in [-0.05, 0) is 75.2 Å². The van der Waals surface area contributed by atoms with Gasteiger partial charge in [-0.3, -0.25) is 13.9 Å². The van der Waals surface area contributed by atoms with Crippen molar-refractivity contribution in [2.75, 3.05) is 10.8 Å². The van der Waals surface area contributed by atoms with E-state index in [9.17, 15) is 18.0 Å². The van der Waals surface area contributed by atoms with Gasteiger partial charge >= 0.3 is 0 Å². The number of carbonyl (C=O) groups is 2. The first-order valence-corrected chi connectivity index (χ1v) is 14.7. The third-order valence-electron chi connectivity index (χ3n) is 5.91. The maximum absolute atomic E-state index is 13.9. The van der Waals surface area contributed by atoms with Crippen molar-refractivity contribution in [2.24, 2.45) is 0 Å². The minimum Gasteiger partial charge on any atom is -0.352 e. The Morgan fingerprint density at radius 1 is 0.974 bits per heavy atom. The summed E-state index contributed by atoms with van der Waals surface area (Å²) in [5, 5.41) is 3.18. The Kier molecular flexibility index (Phi) is 9.98. The number of nitrogens with one attached hydrogen (secondary N) is 1. The highest BCUT2D eigenvalue weighted by Gasteiger charge is 2.33. The van der Waals surface area contributed by atoms with Crippen LogP contribution in [0.5, 0.6) is 0 Å². The number of aryl methyl sites for hydroxylation is 1. The maximum atomic E-state index is 13.9. The molecule has 3 aromatic rings. The second kappa shape index (κ2) is 12.8. The molecule has 0 saturated heterocycles. The molecule has 0 aromatic heterocycles. The van der Waals surface area contributed by atoms with E-state index in [0.717, 1.165) is 14.3 Å². The van der Waals surface area contributed by atoms with Crippen molar-refractivity contribution in [1.29, 1.82) is 0 Å². The first-order chi connectivity index (χ1) is 17.9. The smallest absolute Gasteiger partial charge is 0.264 e. The molecule has 0 aliphatic heterocycles. The number of nitrogens with zero attached hydrogens (tertiary/aromatic N) is 2. The monoisotopic (exact) mass is 619 g/mol. The van der Waals surface area contributed by atoms with Gasteiger partial charge in [-0.1, -0.05) is 63.9 Å².